The molecule has 9 nitrogen and oxygen atoms in total. The van der Waals surface area contributed by atoms with Crippen molar-refractivity contribution in [2.45, 2.75) is 6.92 Å². The van der Waals surface area contributed by atoms with Gasteiger partial charge in [-0.15, -0.1) is 0 Å². The van der Waals surface area contributed by atoms with Gasteiger partial charge in [0.05, 0.1) is 4.92 Å². The van der Waals surface area contributed by atoms with Crippen LogP contribution in [0.25, 0.3) is 0 Å². The number of hydrogen-bond acceptors (Lipinski definition) is 7. The maximum atomic E-state index is 13.0. The Labute approximate surface area is 197 Å². The molecular weight excluding hydrogens is 464 g/mol. The molecule has 1 N–H and O–H groups in total. The molecule has 1 aliphatic rings. The van der Waals surface area contributed by atoms with Crippen LogP contribution in [-0.2, 0) is 9.53 Å². The van der Waals surface area contributed by atoms with Crippen LogP contribution in [-0.4, -0.2) is 35.0 Å². The maximum absolute atomic E-state index is 13.0. The van der Waals surface area contributed by atoms with E-state index in [1.165, 1.54) is 30.3 Å². The number of nitro benzene ring substituents is 1. The van der Waals surface area contributed by atoms with Gasteiger partial charge in [-0.1, -0.05) is 41.9 Å². The fourth-order valence-electron chi connectivity index (χ4n) is 3.60. The second-order valence-corrected chi connectivity index (χ2v) is 7.84. The Kier molecular flexibility index (Phi) is 5.95. The zero-order chi connectivity index (χ0) is 24.6. The number of aryl methyl sites for hydroxylation is 1. The van der Waals surface area contributed by atoms with Crippen molar-refractivity contribution in [2.75, 3.05) is 11.9 Å². The van der Waals surface area contributed by atoms with Gasteiger partial charge in [-0.3, -0.25) is 24.5 Å². The fraction of sp³-hybridized carbons (Fsp3) is 0.0833. The van der Waals surface area contributed by atoms with Crippen LogP contribution < -0.4 is 5.32 Å². The molecule has 170 valence electrons. The molecule has 0 aliphatic heterocycles. The minimum absolute atomic E-state index is 0.00440. The first-order chi connectivity index (χ1) is 16.2. The number of carbonyl (C=O) groups is 4. The third-order valence-corrected chi connectivity index (χ3v) is 5.67. The van der Waals surface area contributed by atoms with E-state index in [0.29, 0.717) is 10.7 Å². The number of carbonyl (C=O) groups excluding carboxylic acids is 4. The van der Waals surface area contributed by atoms with E-state index in [-0.39, 0.29) is 16.7 Å². The number of esters is 1. The summed E-state index contributed by atoms with van der Waals surface area (Å²) in [4.78, 5) is 61.5. The Morgan fingerprint density at radius 2 is 1.68 bits per heavy atom. The Morgan fingerprint density at radius 3 is 2.32 bits per heavy atom. The third kappa shape index (κ3) is 4.04. The minimum atomic E-state index is -1.19. The van der Waals surface area contributed by atoms with Crippen molar-refractivity contribution in [3.8, 4) is 0 Å². The predicted octanol–water partition coefficient (Wildman–Crippen LogP) is 4.13. The molecule has 1 aliphatic carbocycles. The van der Waals surface area contributed by atoms with Crippen LogP contribution in [0.5, 0.6) is 0 Å². The highest BCUT2D eigenvalue weighted by Gasteiger charge is 2.39. The van der Waals surface area contributed by atoms with Gasteiger partial charge >= 0.3 is 5.97 Å². The zero-order valence-corrected chi connectivity index (χ0v) is 18.3. The Balaban J connectivity index is 1.60. The van der Waals surface area contributed by atoms with E-state index in [1.54, 1.807) is 25.1 Å². The molecule has 0 aromatic heterocycles. The van der Waals surface area contributed by atoms with Gasteiger partial charge in [-0.2, -0.15) is 0 Å². The van der Waals surface area contributed by atoms with Crippen LogP contribution >= 0.6 is 11.6 Å². The third-order valence-electron chi connectivity index (χ3n) is 5.26. The lowest BCUT2D eigenvalue weighted by molar-refractivity contribution is -0.385. The molecule has 0 unspecified atom stereocenters. The van der Waals surface area contributed by atoms with Gasteiger partial charge in [0.25, 0.3) is 11.6 Å². The van der Waals surface area contributed by atoms with E-state index >= 15 is 0 Å². The summed E-state index contributed by atoms with van der Waals surface area (Å²) in [5, 5.41) is 14.8. The van der Waals surface area contributed by atoms with Crippen LogP contribution in [0.3, 0.4) is 0 Å². The first-order valence-electron chi connectivity index (χ1n) is 9.92. The molecular formula is C24H15ClN2O7. The normalized spacial score (nSPS) is 11.9. The minimum Gasteiger partial charge on any atom is -0.452 e. The topological polar surface area (TPSA) is 133 Å². The highest BCUT2D eigenvalue weighted by molar-refractivity contribution is 6.32. The SMILES string of the molecule is Cc1ccc(NC(=O)COC(=O)c2ccc3c(c2[N+](=O)[O-])C(=O)c2ccccc2C3=O)cc1Cl. The van der Waals surface area contributed by atoms with Crippen molar-refractivity contribution in [2.24, 2.45) is 0 Å². The van der Waals surface area contributed by atoms with Gasteiger partial charge in [0.15, 0.2) is 12.4 Å². The molecule has 1 amide bonds. The Morgan fingerprint density at radius 1 is 1.00 bits per heavy atom. The average molecular weight is 479 g/mol. The number of benzene rings is 3. The van der Waals surface area contributed by atoms with Crippen molar-refractivity contribution in [1.82, 2.24) is 0 Å². The lowest BCUT2D eigenvalue weighted by atomic mass is 9.82. The van der Waals surface area contributed by atoms with Crippen molar-refractivity contribution in [1.29, 1.82) is 0 Å². The summed E-state index contributed by atoms with van der Waals surface area (Å²) in [5.41, 5.74) is -0.748. The summed E-state index contributed by atoms with van der Waals surface area (Å²) >= 11 is 6.01. The summed E-state index contributed by atoms with van der Waals surface area (Å²) in [6.07, 6.45) is 0. The molecule has 0 fully saturated rings. The number of nitro groups is 1. The van der Waals surface area contributed by atoms with Gasteiger partial charge in [0, 0.05) is 27.4 Å². The number of amides is 1. The van der Waals surface area contributed by atoms with E-state index in [1.807, 2.05) is 0 Å². The molecule has 0 saturated carbocycles. The van der Waals surface area contributed by atoms with Crippen LogP contribution in [0, 0.1) is 17.0 Å². The van der Waals surface area contributed by atoms with Crippen LogP contribution in [0.2, 0.25) is 5.02 Å². The summed E-state index contributed by atoms with van der Waals surface area (Å²) in [6, 6.07) is 13.0. The standard InChI is InChI=1S/C24H15ClN2O7/c1-12-6-7-13(10-18(12)25)26-19(28)11-34-24(31)17-9-8-16-20(21(17)27(32)33)23(30)15-5-3-2-4-14(15)22(16)29/h2-10H,11H2,1H3,(H,26,28). The Hall–Kier alpha value is -4.37. The lowest BCUT2D eigenvalue weighted by Gasteiger charge is -2.18. The van der Waals surface area contributed by atoms with E-state index in [2.05, 4.69) is 5.32 Å². The van der Waals surface area contributed by atoms with E-state index < -0.39 is 51.8 Å². The number of nitrogens with zero attached hydrogens (tertiary/aromatic N) is 1. The largest absolute Gasteiger partial charge is 0.452 e. The van der Waals surface area contributed by atoms with Crippen LogP contribution in [0.4, 0.5) is 11.4 Å². The van der Waals surface area contributed by atoms with E-state index in [9.17, 15) is 29.3 Å². The lowest BCUT2D eigenvalue weighted by Crippen LogP contribution is -2.25. The second-order valence-electron chi connectivity index (χ2n) is 7.43. The van der Waals surface area contributed by atoms with Gasteiger partial charge in [-0.05, 0) is 36.8 Å². The number of anilines is 1. The quantitative estimate of drug-likeness (QED) is 0.259. The summed E-state index contributed by atoms with van der Waals surface area (Å²) in [7, 11) is 0. The van der Waals surface area contributed by atoms with Gasteiger partial charge < -0.3 is 10.1 Å². The molecule has 0 radical (unpaired) electrons. The van der Waals surface area contributed by atoms with Gasteiger partial charge in [0.1, 0.15) is 11.1 Å². The summed E-state index contributed by atoms with van der Waals surface area (Å²) < 4.78 is 4.94. The molecule has 0 saturated heterocycles. The van der Waals surface area contributed by atoms with Crippen molar-refractivity contribution in [3.63, 3.8) is 0 Å². The number of halogens is 1. The number of rotatable bonds is 5. The number of ketones is 2. The fourth-order valence-corrected chi connectivity index (χ4v) is 3.78. The van der Waals surface area contributed by atoms with Crippen LogP contribution in [0.1, 0.15) is 47.8 Å². The van der Waals surface area contributed by atoms with Crippen molar-refractivity contribution >= 4 is 46.4 Å². The molecule has 3 aromatic carbocycles. The number of fused-ring (bicyclic) bond motifs is 2. The van der Waals surface area contributed by atoms with Crippen LogP contribution in [0.15, 0.2) is 54.6 Å². The Bertz CT molecular complexity index is 1410. The molecule has 0 spiro atoms. The molecule has 0 heterocycles. The average Bonchev–Trinajstić information content (AvgIpc) is 2.82. The number of ether oxygens (including phenoxy) is 1. The van der Waals surface area contributed by atoms with Crippen molar-refractivity contribution < 1.29 is 28.8 Å². The molecule has 34 heavy (non-hydrogen) atoms. The number of nitrogens with one attached hydrogen (secondary N) is 1. The molecule has 3 aromatic rings. The zero-order valence-electron chi connectivity index (χ0n) is 17.6. The predicted molar refractivity (Wildman–Crippen MR) is 122 cm³/mol. The summed E-state index contributed by atoms with van der Waals surface area (Å²) in [6.45, 7) is 1.05. The highest BCUT2D eigenvalue weighted by Crippen LogP contribution is 2.35. The monoisotopic (exact) mass is 478 g/mol. The highest BCUT2D eigenvalue weighted by atomic mass is 35.5. The first-order valence-corrected chi connectivity index (χ1v) is 10.3. The van der Waals surface area contributed by atoms with E-state index in [4.69, 9.17) is 16.3 Å². The van der Waals surface area contributed by atoms with Gasteiger partial charge in [-0.25, -0.2) is 4.79 Å². The maximum Gasteiger partial charge on any atom is 0.345 e. The molecule has 0 atom stereocenters. The van der Waals surface area contributed by atoms with Crippen molar-refractivity contribution in [3.05, 3.63) is 103 Å². The molecule has 10 heteroatoms. The van der Waals surface area contributed by atoms with E-state index in [0.717, 1.165) is 11.6 Å². The smallest absolute Gasteiger partial charge is 0.345 e. The van der Waals surface area contributed by atoms with Gasteiger partial charge in [0.2, 0.25) is 5.78 Å². The summed E-state index contributed by atoms with van der Waals surface area (Å²) in [5.74, 6) is -3.20. The second kappa shape index (κ2) is 8.87. The number of hydrogen-bond donors (Lipinski definition) is 1. The molecule has 0 bridgehead atoms. The molecule has 4 rings (SSSR count). The first kappa shape index (κ1) is 22.8.